The Morgan fingerprint density at radius 2 is 1.94 bits per heavy atom. The van der Waals surface area contributed by atoms with Gasteiger partial charge in [-0.3, -0.25) is 9.78 Å². The lowest BCUT2D eigenvalue weighted by atomic mass is 10.1. The third-order valence-corrected chi connectivity index (χ3v) is 5.32. The minimum Gasteiger partial charge on any atom is -0.354 e. The molecule has 3 aromatic heterocycles. The van der Waals surface area contributed by atoms with Crippen LogP contribution in [0.2, 0.25) is 0 Å². The second-order valence-corrected chi connectivity index (χ2v) is 7.77. The van der Waals surface area contributed by atoms with Crippen molar-refractivity contribution in [2.45, 2.75) is 45.6 Å². The highest BCUT2D eigenvalue weighted by Gasteiger charge is 2.30. The van der Waals surface area contributed by atoms with Crippen LogP contribution in [0.1, 0.15) is 48.8 Å². The van der Waals surface area contributed by atoms with E-state index >= 15 is 0 Å². The SMILES string of the molecule is Cc1cc(C)nc(NCCCC(=O)N2CCCC2c2ccnc(-c3ccccn3)n2)n1. The van der Waals surface area contributed by atoms with Crippen LogP contribution in [0.25, 0.3) is 11.5 Å². The molecule has 1 saturated heterocycles. The number of pyridine rings is 1. The molecule has 1 aliphatic rings. The van der Waals surface area contributed by atoms with E-state index in [9.17, 15) is 4.79 Å². The number of aromatic nitrogens is 5. The minimum atomic E-state index is -0.00585. The largest absolute Gasteiger partial charge is 0.354 e. The van der Waals surface area contributed by atoms with Crippen molar-refractivity contribution in [3.63, 3.8) is 0 Å². The molecular formula is C23H27N7O. The van der Waals surface area contributed by atoms with Crippen molar-refractivity contribution in [1.29, 1.82) is 0 Å². The molecular weight excluding hydrogens is 390 g/mol. The fourth-order valence-electron chi connectivity index (χ4n) is 3.94. The predicted octanol–water partition coefficient (Wildman–Crippen LogP) is 3.50. The Kier molecular flexibility index (Phi) is 6.45. The van der Waals surface area contributed by atoms with E-state index in [1.165, 1.54) is 0 Å². The molecule has 1 aliphatic heterocycles. The van der Waals surface area contributed by atoms with Crippen molar-refractivity contribution < 1.29 is 4.79 Å². The van der Waals surface area contributed by atoms with Crippen LogP contribution in [-0.4, -0.2) is 48.8 Å². The Hall–Kier alpha value is -3.42. The molecule has 3 aromatic rings. The van der Waals surface area contributed by atoms with Crippen molar-refractivity contribution in [2.24, 2.45) is 0 Å². The molecule has 4 heterocycles. The summed E-state index contributed by atoms with van der Waals surface area (Å²) in [7, 11) is 0. The van der Waals surface area contributed by atoms with Gasteiger partial charge < -0.3 is 10.2 Å². The lowest BCUT2D eigenvalue weighted by molar-refractivity contribution is -0.132. The van der Waals surface area contributed by atoms with Gasteiger partial charge in [-0.25, -0.2) is 19.9 Å². The summed E-state index contributed by atoms with van der Waals surface area (Å²) in [5.41, 5.74) is 3.48. The van der Waals surface area contributed by atoms with Crippen LogP contribution in [0.15, 0.2) is 42.7 Å². The third-order valence-electron chi connectivity index (χ3n) is 5.32. The molecule has 0 aliphatic carbocycles. The highest BCUT2D eigenvalue weighted by atomic mass is 16.2. The van der Waals surface area contributed by atoms with E-state index in [0.29, 0.717) is 24.7 Å². The highest BCUT2D eigenvalue weighted by molar-refractivity contribution is 5.77. The molecule has 1 unspecified atom stereocenters. The highest BCUT2D eigenvalue weighted by Crippen LogP contribution is 2.32. The van der Waals surface area contributed by atoms with E-state index in [4.69, 9.17) is 4.98 Å². The number of amides is 1. The van der Waals surface area contributed by atoms with Crippen LogP contribution in [0.5, 0.6) is 0 Å². The zero-order valence-electron chi connectivity index (χ0n) is 18.0. The fourth-order valence-corrected chi connectivity index (χ4v) is 3.94. The van der Waals surface area contributed by atoms with Crippen LogP contribution in [0, 0.1) is 13.8 Å². The summed E-state index contributed by atoms with van der Waals surface area (Å²) in [4.78, 5) is 37.0. The maximum absolute atomic E-state index is 12.9. The fraction of sp³-hybridized carbons (Fsp3) is 0.391. The molecule has 0 radical (unpaired) electrons. The van der Waals surface area contributed by atoms with E-state index < -0.39 is 0 Å². The van der Waals surface area contributed by atoms with E-state index in [1.807, 2.05) is 49.1 Å². The first-order valence-corrected chi connectivity index (χ1v) is 10.7. The summed E-state index contributed by atoms with van der Waals surface area (Å²) in [6.07, 6.45) is 6.58. The number of carbonyl (C=O) groups is 1. The zero-order valence-corrected chi connectivity index (χ0v) is 18.0. The lowest BCUT2D eigenvalue weighted by Gasteiger charge is -2.24. The molecule has 1 atom stereocenters. The Morgan fingerprint density at radius 1 is 1.10 bits per heavy atom. The quantitative estimate of drug-likeness (QED) is 0.588. The van der Waals surface area contributed by atoms with Crippen molar-refractivity contribution >= 4 is 11.9 Å². The standard InChI is InChI=1S/C23H27N7O/c1-16-15-17(2)28-23(27-16)26-12-5-9-21(31)30-14-6-8-20(30)18-10-13-25-22(29-18)19-7-3-4-11-24-19/h3-4,7,10-11,13,15,20H,5-6,8-9,12,14H2,1-2H3,(H,26,27,28). The number of nitrogens with zero attached hydrogens (tertiary/aromatic N) is 6. The Morgan fingerprint density at radius 3 is 2.71 bits per heavy atom. The average molecular weight is 418 g/mol. The topological polar surface area (TPSA) is 96.8 Å². The van der Waals surface area contributed by atoms with E-state index in [1.54, 1.807) is 12.4 Å². The van der Waals surface area contributed by atoms with Crippen molar-refractivity contribution in [3.05, 3.63) is 59.8 Å². The molecule has 0 spiro atoms. The molecule has 8 heteroatoms. The van der Waals surface area contributed by atoms with Crippen LogP contribution in [-0.2, 0) is 4.79 Å². The number of carbonyl (C=O) groups excluding carboxylic acids is 1. The van der Waals surface area contributed by atoms with Crippen molar-refractivity contribution in [1.82, 2.24) is 29.8 Å². The van der Waals surface area contributed by atoms with E-state index in [0.717, 1.165) is 48.6 Å². The summed E-state index contributed by atoms with van der Waals surface area (Å²) in [6, 6.07) is 9.51. The molecule has 0 aromatic carbocycles. The van der Waals surface area contributed by atoms with Gasteiger partial charge in [-0.05, 0) is 57.4 Å². The molecule has 160 valence electrons. The van der Waals surface area contributed by atoms with Gasteiger partial charge in [0, 0.05) is 43.3 Å². The van der Waals surface area contributed by atoms with Gasteiger partial charge in [0.2, 0.25) is 11.9 Å². The van der Waals surface area contributed by atoms with Crippen molar-refractivity contribution in [2.75, 3.05) is 18.4 Å². The van der Waals surface area contributed by atoms with Gasteiger partial charge in [0.25, 0.3) is 0 Å². The second-order valence-electron chi connectivity index (χ2n) is 7.77. The van der Waals surface area contributed by atoms with Gasteiger partial charge in [-0.15, -0.1) is 0 Å². The normalized spacial score (nSPS) is 15.8. The maximum atomic E-state index is 12.9. The van der Waals surface area contributed by atoms with Crippen LogP contribution >= 0.6 is 0 Å². The van der Waals surface area contributed by atoms with Gasteiger partial charge in [0.1, 0.15) is 5.69 Å². The molecule has 1 N–H and O–H groups in total. The van der Waals surface area contributed by atoms with Crippen molar-refractivity contribution in [3.8, 4) is 11.5 Å². The number of likely N-dealkylation sites (tertiary alicyclic amines) is 1. The van der Waals surface area contributed by atoms with Gasteiger partial charge >= 0.3 is 0 Å². The number of aryl methyl sites for hydroxylation is 2. The van der Waals surface area contributed by atoms with Crippen LogP contribution < -0.4 is 5.32 Å². The lowest BCUT2D eigenvalue weighted by Crippen LogP contribution is -2.31. The number of hydrogen-bond acceptors (Lipinski definition) is 7. The third kappa shape index (κ3) is 5.20. The zero-order chi connectivity index (χ0) is 21.6. The van der Waals surface area contributed by atoms with E-state index in [2.05, 4.69) is 25.3 Å². The summed E-state index contributed by atoms with van der Waals surface area (Å²) in [5.74, 6) is 1.37. The molecule has 8 nitrogen and oxygen atoms in total. The molecule has 31 heavy (non-hydrogen) atoms. The average Bonchev–Trinajstić information content (AvgIpc) is 3.27. The number of rotatable bonds is 7. The first-order valence-electron chi connectivity index (χ1n) is 10.7. The first-order chi connectivity index (χ1) is 15.1. The molecule has 4 rings (SSSR count). The van der Waals surface area contributed by atoms with E-state index in [-0.39, 0.29) is 11.9 Å². The Bertz CT molecular complexity index is 1020. The number of hydrogen-bond donors (Lipinski definition) is 1. The molecule has 0 bridgehead atoms. The number of nitrogens with one attached hydrogen (secondary N) is 1. The smallest absolute Gasteiger partial charge is 0.223 e. The summed E-state index contributed by atoms with van der Waals surface area (Å²) in [6.45, 7) is 5.32. The summed E-state index contributed by atoms with van der Waals surface area (Å²) < 4.78 is 0. The van der Waals surface area contributed by atoms with Gasteiger partial charge in [0.15, 0.2) is 5.82 Å². The Balaban J connectivity index is 1.35. The molecule has 1 fully saturated rings. The van der Waals surface area contributed by atoms with Gasteiger partial charge in [-0.1, -0.05) is 6.07 Å². The second kappa shape index (κ2) is 9.59. The summed E-state index contributed by atoms with van der Waals surface area (Å²) in [5, 5.41) is 3.22. The van der Waals surface area contributed by atoms with Crippen LogP contribution in [0.3, 0.4) is 0 Å². The van der Waals surface area contributed by atoms with Crippen LogP contribution in [0.4, 0.5) is 5.95 Å². The molecule has 0 saturated carbocycles. The maximum Gasteiger partial charge on any atom is 0.223 e. The predicted molar refractivity (Wildman–Crippen MR) is 118 cm³/mol. The first kappa shape index (κ1) is 20.8. The molecule has 1 amide bonds. The minimum absolute atomic E-state index is 0.00585. The summed E-state index contributed by atoms with van der Waals surface area (Å²) >= 11 is 0. The number of anilines is 1. The van der Waals surface area contributed by atoms with Gasteiger partial charge in [0.05, 0.1) is 11.7 Å². The monoisotopic (exact) mass is 417 g/mol. The van der Waals surface area contributed by atoms with Gasteiger partial charge in [-0.2, -0.15) is 0 Å². The Labute approximate surface area is 182 Å².